The van der Waals surface area contributed by atoms with Gasteiger partial charge in [0.1, 0.15) is 22.7 Å². The van der Waals surface area contributed by atoms with Crippen LogP contribution in [0.25, 0.3) is 0 Å². The molecule has 0 radical (unpaired) electrons. The monoisotopic (exact) mass is 505 g/mol. The van der Waals surface area contributed by atoms with Gasteiger partial charge in [0.15, 0.2) is 0 Å². The number of anilines is 1. The minimum Gasteiger partial charge on any atom is -0.327 e. The number of ether oxygens (including phenoxy) is 3. The van der Waals surface area contributed by atoms with E-state index in [1.807, 2.05) is 24.3 Å². The Morgan fingerprint density at radius 3 is 2.42 bits per heavy atom. The van der Waals surface area contributed by atoms with Gasteiger partial charge in [0.25, 0.3) is 5.97 Å². The molecule has 0 unspecified atom stereocenters. The van der Waals surface area contributed by atoms with Gasteiger partial charge < -0.3 is 19.9 Å². The van der Waals surface area contributed by atoms with Gasteiger partial charge in [-0.2, -0.15) is 0 Å². The number of rotatable bonds is 3. The second kappa shape index (κ2) is 9.21. The zero-order valence-corrected chi connectivity index (χ0v) is 21.8. The molecule has 8 nitrogen and oxygen atoms in total. The number of aryl methyl sites for hydroxylation is 1. The second-order valence-electron chi connectivity index (χ2n) is 9.91. The highest BCUT2D eigenvalue weighted by atomic mass is 32.1. The van der Waals surface area contributed by atoms with Crippen molar-refractivity contribution in [3.63, 3.8) is 0 Å². The fourth-order valence-corrected chi connectivity index (χ4v) is 5.88. The van der Waals surface area contributed by atoms with Crippen molar-refractivity contribution in [2.75, 3.05) is 31.3 Å². The number of benzene rings is 1. The molecule has 1 atom stereocenters. The number of hydrogen-bond donors (Lipinski definition) is 3. The van der Waals surface area contributed by atoms with Gasteiger partial charge in [0.05, 0.1) is 38.5 Å². The summed E-state index contributed by atoms with van der Waals surface area (Å²) in [6, 6.07) is 7.27. The average molecular weight is 506 g/mol. The third kappa shape index (κ3) is 4.29. The molecule has 36 heavy (non-hydrogen) atoms. The Morgan fingerprint density at radius 2 is 1.83 bits per heavy atom. The Kier molecular flexibility index (Phi) is 6.35. The van der Waals surface area contributed by atoms with Crippen LogP contribution in [0.2, 0.25) is 0 Å². The molecule has 9 heteroatoms. The number of amidine groups is 2. The Morgan fingerprint density at radius 1 is 1.19 bits per heavy atom. The van der Waals surface area contributed by atoms with E-state index in [2.05, 4.69) is 32.6 Å². The maximum absolute atomic E-state index is 9.17. The first-order chi connectivity index (χ1) is 17.2. The van der Waals surface area contributed by atoms with Crippen LogP contribution in [0.5, 0.6) is 0 Å². The number of nitrogens with zero attached hydrogens (tertiary/aromatic N) is 2. The van der Waals surface area contributed by atoms with Crippen molar-refractivity contribution < 1.29 is 14.2 Å². The molecule has 2 bridgehead atoms. The SMILES string of the molecule is CC(=N)N1C(=N)[C@H](CC23OCC(C)(CO2)CO3)N=C(c2ccc(C#CCN)cc2)c2c1sc(C)c2C. The summed E-state index contributed by atoms with van der Waals surface area (Å²) in [5.41, 5.74) is 9.97. The zero-order valence-electron chi connectivity index (χ0n) is 21.0. The molecule has 188 valence electrons. The van der Waals surface area contributed by atoms with E-state index >= 15 is 0 Å². The average Bonchev–Trinajstić information content (AvgIpc) is 3.08. The molecule has 3 saturated heterocycles. The fourth-order valence-electron chi connectivity index (χ4n) is 4.66. The lowest BCUT2D eigenvalue weighted by Gasteiger charge is -2.51. The van der Waals surface area contributed by atoms with Crippen molar-refractivity contribution in [1.82, 2.24) is 0 Å². The smallest absolute Gasteiger partial charge is 0.285 e. The quantitative estimate of drug-likeness (QED) is 0.333. The summed E-state index contributed by atoms with van der Waals surface area (Å²) in [7, 11) is 0. The maximum atomic E-state index is 9.17. The Hall–Kier alpha value is -2.87. The lowest BCUT2D eigenvalue weighted by molar-refractivity contribution is -0.467. The predicted molar refractivity (Wildman–Crippen MR) is 143 cm³/mol. The number of hydrogen-bond acceptors (Lipinski definition) is 8. The molecule has 1 aromatic heterocycles. The van der Waals surface area contributed by atoms with Crippen LogP contribution >= 0.6 is 11.3 Å². The van der Waals surface area contributed by atoms with Crippen LogP contribution in [0.4, 0.5) is 5.00 Å². The number of fused-ring (bicyclic) bond motifs is 4. The highest BCUT2D eigenvalue weighted by Gasteiger charge is 2.52. The first-order valence-corrected chi connectivity index (χ1v) is 12.8. The topological polar surface area (TPSA) is 117 Å². The molecule has 2 aromatic rings. The van der Waals surface area contributed by atoms with Crippen molar-refractivity contribution in [1.29, 1.82) is 10.8 Å². The highest BCUT2D eigenvalue weighted by Crippen LogP contribution is 2.44. The number of nitrogens with one attached hydrogen (secondary N) is 2. The molecule has 0 saturated carbocycles. The molecule has 0 amide bonds. The van der Waals surface area contributed by atoms with Crippen LogP contribution in [-0.2, 0) is 14.2 Å². The first kappa shape index (κ1) is 24.8. The summed E-state index contributed by atoms with van der Waals surface area (Å²) in [5.74, 6) is 5.17. The van der Waals surface area contributed by atoms with Gasteiger partial charge >= 0.3 is 0 Å². The molecule has 4 aliphatic heterocycles. The minimum absolute atomic E-state index is 0.155. The fraction of sp³-hybridized carbons (Fsp3) is 0.444. The first-order valence-electron chi connectivity index (χ1n) is 12.0. The summed E-state index contributed by atoms with van der Waals surface area (Å²) in [6.07, 6.45) is 0.224. The molecule has 3 fully saturated rings. The standard InChI is InChI=1S/C27H31N5O3S/c1-16-17(2)36-25-22(16)23(20-9-7-19(8-10-20)6-5-11-28)31-21(24(30)32(25)18(3)29)12-27-33-13-26(4,14-34-27)15-35-27/h7-10,21,29-30H,11-15,28H2,1-4H3/t21-,26?,27?/m0/s1. The Labute approximate surface area is 215 Å². The number of nitrogens with two attached hydrogens (primary N) is 1. The molecule has 0 aliphatic carbocycles. The van der Waals surface area contributed by atoms with E-state index in [0.717, 1.165) is 37.8 Å². The molecule has 5 heterocycles. The molecular formula is C27H31N5O3S. The van der Waals surface area contributed by atoms with Crippen molar-refractivity contribution in [3.8, 4) is 11.8 Å². The number of aliphatic imine (C=N–C) groups is 1. The second-order valence-corrected chi connectivity index (χ2v) is 11.1. The largest absolute Gasteiger partial charge is 0.327 e. The van der Waals surface area contributed by atoms with Crippen LogP contribution in [0.3, 0.4) is 0 Å². The summed E-state index contributed by atoms with van der Waals surface area (Å²) in [5, 5.41) is 18.5. The van der Waals surface area contributed by atoms with Crippen LogP contribution in [0.1, 0.15) is 47.4 Å². The van der Waals surface area contributed by atoms with Crippen LogP contribution < -0.4 is 10.6 Å². The Bertz CT molecular complexity index is 1290. The summed E-state index contributed by atoms with van der Waals surface area (Å²) < 4.78 is 18.1. The summed E-state index contributed by atoms with van der Waals surface area (Å²) in [4.78, 5) is 7.97. The lowest BCUT2D eigenvalue weighted by atomic mass is 9.91. The zero-order chi connectivity index (χ0) is 25.7. The van der Waals surface area contributed by atoms with Crippen molar-refractivity contribution in [2.24, 2.45) is 16.1 Å². The Balaban J connectivity index is 1.62. The van der Waals surface area contributed by atoms with Gasteiger partial charge in [-0.05, 0) is 38.5 Å². The molecule has 0 spiro atoms. The lowest BCUT2D eigenvalue weighted by Crippen LogP contribution is -2.60. The van der Waals surface area contributed by atoms with Crippen molar-refractivity contribution >= 4 is 33.7 Å². The number of thiophene rings is 1. The van der Waals surface area contributed by atoms with E-state index in [1.54, 1.807) is 23.2 Å². The van der Waals surface area contributed by atoms with E-state index < -0.39 is 12.0 Å². The maximum Gasteiger partial charge on any atom is 0.285 e. The summed E-state index contributed by atoms with van der Waals surface area (Å²) >= 11 is 1.58. The van der Waals surface area contributed by atoms with Crippen LogP contribution in [0.15, 0.2) is 29.3 Å². The minimum atomic E-state index is -1.24. The molecule has 4 N–H and O–H groups in total. The molecule has 4 aliphatic rings. The molecular weight excluding hydrogens is 474 g/mol. The van der Waals surface area contributed by atoms with Gasteiger partial charge in [0.2, 0.25) is 0 Å². The van der Waals surface area contributed by atoms with E-state index in [9.17, 15) is 0 Å². The van der Waals surface area contributed by atoms with Crippen LogP contribution in [-0.4, -0.2) is 55.8 Å². The third-order valence-corrected chi connectivity index (χ3v) is 8.03. The highest BCUT2D eigenvalue weighted by molar-refractivity contribution is 7.17. The van der Waals surface area contributed by atoms with Gasteiger partial charge in [-0.15, -0.1) is 11.3 Å². The summed E-state index contributed by atoms with van der Waals surface area (Å²) in [6.45, 7) is 9.82. The van der Waals surface area contributed by atoms with E-state index in [0.29, 0.717) is 26.4 Å². The third-order valence-electron chi connectivity index (χ3n) is 6.84. The van der Waals surface area contributed by atoms with E-state index in [1.165, 1.54) is 0 Å². The molecule has 6 rings (SSSR count). The van der Waals surface area contributed by atoms with E-state index in [4.69, 9.17) is 35.8 Å². The predicted octanol–water partition coefficient (Wildman–Crippen LogP) is 3.80. The molecule has 1 aromatic carbocycles. The normalized spacial score (nSPS) is 27.1. The van der Waals surface area contributed by atoms with Crippen molar-refractivity contribution in [2.45, 2.75) is 46.1 Å². The van der Waals surface area contributed by atoms with Crippen LogP contribution in [0, 0.1) is 41.9 Å². The van der Waals surface area contributed by atoms with Crippen molar-refractivity contribution in [3.05, 3.63) is 51.4 Å². The van der Waals surface area contributed by atoms with Gasteiger partial charge in [0, 0.05) is 27.0 Å². The van der Waals surface area contributed by atoms with Gasteiger partial charge in [-0.1, -0.05) is 30.9 Å². The van der Waals surface area contributed by atoms with Gasteiger partial charge in [-0.3, -0.25) is 20.7 Å². The van der Waals surface area contributed by atoms with E-state index in [-0.39, 0.29) is 23.5 Å². The van der Waals surface area contributed by atoms with Gasteiger partial charge in [-0.25, -0.2) is 0 Å².